The Bertz CT molecular complexity index is 340. The molecule has 2 nitrogen and oxygen atoms in total. The maximum atomic E-state index is 13.1. The minimum absolute atomic E-state index is 0.151. The van der Waals surface area contributed by atoms with Crippen LogP contribution in [0.3, 0.4) is 0 Å². The Balaban J connectivity index is 2.04. The lowest BCUT2D eigenvalue weighted by Crippen LogP contribution is -2.30. The molecule has 0 aliphatic carbocycles. The van der Waals surface area contributed by atoms with Crippen molar-refractivity contribution in [2.24, 2.45) is 0 Å². The minimum Gasteiger partial charge on any atom is -0.370 e. The highest BCUT2D eigenvalue weighted by Crippen LogP contribution is 2.17. The molecule has 16 heavy (non-hydrogen) atoms. The predicted molar refractivity (Wildman–Crippen MR) is 65.3 cm³/mol. The highest BCUT2D eigenvalue weighted by Gasteiger charge is 2.15. The van der Waals surface area contributed by atoms with Gasteiger partial charge in [0.15, 0.2) is 0 Å². The molecule has 1 aromatic rings. The van der Waals surface area contributed by atoms with Crippen LogP contribution in [0.1, 0.15) is 19.8 Å². The van der Waals surface area contributed by atoms with Gasteiger partial charge >= 0.3 is 0 Å². The number of nitrogens with zero attached hydrogens (tertiary/aromatic N) is 1. The molecule has 0 saturated carbocycles. The maximum Gasteiger partial charge on any atom is 0.125 e. The minimum atomic E-state index is -0.151. The van der Waals surface area contributed by atoms with E-state index in [0.717, 1.165) is 38.2 Å². The molecule has 1 N–H and O–H groups in total. The summed E-state index contributed by atoms with van der Waals surface area (Å²) in [6.07, 6.45) is 2.30. The van der Waals surface area contributed by atoms with Crippen molar-refractivity contribution in [3.05, 3.63) is 30.1 Å². The molecular weight excluding hydrogens is 203 g/mol. The van der Waals surface area contributed by atoms with E-state index in [-0.39, 0.29) is 5.82 Å². The second kappa shape index (κ2) is 5.30. The van der Waals surface area contributed by atoms with Crippen LogP contribution in [0.5, 0.6) is 0 Å². The number of rotatable bonds is 2. The zero-order chi connectivity index (χ0) is 11.4. The lowest BCUT2D eigenvalue weighted by Gasteiger charge is -2.22. The van der Waals surface area contributed by atoms with Crippen molar-refractivity contribution >= 4 is 5.69 Å². The first-order chi connectivity index (χ1) is 7.79. The van der Waals surface area contributed by atoms with E-state index in [1.165, 1.54) is 6.07 Å². The van der Waals surface area contributed by atoms with Gasteiger partial charge < -0.3 is 10.2 Å². The lowest BCUT2D eigenvalue weighted by atomic mass is 10.1. The third-order valence-electron chi connectivity index (χ3n) is 3.23. The Morgan fingerprint density at radius 2 is 2.31 bits per heavy atom. The van der Waals surface area contributed by atoms with Gasteiger partial charge in [0.2, 0.25) is 0 Å². The van der Waals surface area contributed by atoms with Crippen LogP contribution in [-0.2, 0) is 0 Å². The van der Waals surface area contributed by atoms with Crippen molar-refractivity contribution in [2.45, 2.75) is 25.8 Å². The third-order valence-corrected chi connectivity index (χ3v) is 3.23. The standard InChI is InChI=1S/C13H19FN2/c1-2-12-6-8-16(9-7-15-12)13-5-3-4-11(14)10-13/h3-5,10,12,15H,2,6-9H2,1H3. The zero-order valence-electron chi connectivity index (χ0n) is 9.75. The Morgan fingerprint density at radius 3 is 3.06 bits per heavy atom. The summed E-state index contributed by atoms with van der Waals surface area (Å²) in [5.41, 5.74) is 0.999. The van der Waals surface area contributed by atoms with Crippen molar-refractivity contribution < 1.29 is 4.39 Å². The Morgan fingerprint density at radius 1 is 1.44 bits per heavy atom. The number of hydrogen-bond acceptors (Lipinski definition) is 2. The molecule has 0 bridgehead atoms. The van der Waals surface area contributed by atoms with Crippen LogP contribution in [0.15, 0.2) is 24.3 Å². The molecule has 1 aromatic carbocycles. The summed E-state index contributed by atoms with van der Waals surface area (Å²) in [5, 5.41) is 3.51. The van der Waals surface area contributed by atoms with E-state index in [9.17, 15) is 4.39 Å². The van der Waals surface area contributed by atoms with E-state index >= 15 is 0 Å². The number of anilines is 1. The first-order valence-electron chi connectivity index (χ1n) is 6.03. The quantitative estimate of drug-likeness (QED) is 0.826. The molecule has 2 rings (SSSR count). The van der Waals surface area contributed by atoms with Gasteiger partial charge in [0, 0.05) is 31.4 Å². The second-order valence-electron chi connectivity index (χ2n) is 4.31. The molecule has 1 aliphatic heterocycles. The lowest BCUT2D eigenvalue weighted by molar-refractivity contribution is 0.510. The summed E-state index contributed by atoms with van der Waals surface area (Å²) in [6, 6.07) is 7.48. The van der Waals surface area contributed by atoms with Crippen molar-refractivity contribution in [3.63, 3.8) is 0 Å². The molecule has 3 heteroatoms. The first kappa shape index (κ1) is 11.4. The van der Waals surface area contributed by atoms with Gasteiger partial charge in [-0.2, -0.15) is 0 Å². The molecule has 1 heterocycles. The molecular formula is C13H19FN2. The van der Waals surface area contributed by atoms with Crippen LogP contribution >= 0.6 is 0 Å². The molecule has 0 radical (unpaired) electrons. The van der Waals surface area contributed by atoms with Gasteiger partial charge in [0.1, 0.15) is 5.82 Å². The molecule has 1 fully saturated rings. The fourth-order valence-corrected chi connectivity index (χ4v) is 2.21. The molecule has 0 amide bonds. The van der Waals surface area contributed by atoms with E-state index in [0.29, 0.717) is 6.04 Å². The maximum absolute atomic E-state index is 13.1. The van der Waals surface area contributed by atoms with Gasteiger partial charge in [-0.1, -0.05) is 13.0 Å². The molecule has 0 spiro atoms. The average molecular weight is 222 g/mol. The van der Waals surface area contributed by atoms with Gasteiger partial charge in [0.05, 0.1) is 0 Å². The highest BCUT2D eigenvalue weighted by molar-refractivity contribution is 5.46. The van der Waals surface area contributed by atoms with Crippen LogP contribution in [0.25, 0.3) is 0 Å². The van der Waals surface area contributed by atoms with Crippen LogP contribution < -0.4 is 10.2 Å². The van der Waals surface area contributed by atoms with Crippen molar-refractivity contribution in [2.75, 3.05) is 24.5 Å². The number of benzene rings is 1. The Labute approximate surface area is 96.5 Å². The van der Waals surface area contributed by atoms with Gasteiger partial charge in [0.25, 0.3) is 0 Å². The number of halogens is 1. The monoisotopic (exact) mass is 222 g/mol. The van der Waals surface area contributed by atoms with E-state index in [4.69, 9.17) is 0 Å². The number of nitrogens with one attached hydrogen (secondary N) is 1. The van der Waals surface area contributed by atoms with E-state index in [1.807, 2.05) is 6.07 Å². The van der Waals surface area contributed by atoms with Crippen molar-refractivity contribution in [1.29, 1.82) is 0 Å². The summed E-state index contributed by atoms with van der Waals surface area (Å²) in [7, 11) is 0. The smallest absolute Gasteiger partial charge is 0.125 e. The fraction of sp³-hybridized carbons (Fsp3) is 0.538. The molecule has 0 aromatic heterocycles. The molecule has 88 valence electrons. The van der Waals surface area contributed by atoms with Crippen LogP contribution in [0.4, 0.5) is 10.1 Å². The fourth-order valence-electron chi connectivity index (χ4n) is 2.21. The Kier molecular flexibility index (Phi) is 3.78. The van der Waals surface area contributed by atoms with Crippen LogP contribution in [-0.4, -0.2) is 25.7 Å². The van der Waals surface area contributed by atoms with Gasteiger partial charge in [-0.25, -0.2) is 4.39 Å². The van der Waals surface area contributed by atoms with Crippen LogP contribution in [0, 0.1) is 5.82 Å². The SMILES string of the molecule is CCC1CCN(c2cccc(F)c2)CCN1. The topological polar surface area (TPSA) is 15.3 Å². The van der Waals surface area contributed by atoms with Gasteiger partial charge in [-0.05, 0) is 31.0 Å². The van der Waals surface area contributed by atoms with Crippen molar-refractivity contribution in [1.82, 2.24) is 5.32 Å². The summed E-state index contributed by atoms with van der Waals surface area (Å²) in [5.74, 6) is -0.151. The normalized spacial score (nSPS) is 21.9. The third kappa shape index (κ3) is 2.73. The first-order valence-corrected chi connectivity index (χ1v) is 6.03. The van der Waals surface area contributed by atoms with Gasteiger partial charge in [-0.3, -0.25) is 0 Å². The zero-order valence-corrected chi connectivity index (χ0v) is 9.75. The summed E-state index contributed by atoms with van der Waals surface area (Å²) < 4.78 is 13.1. The predicted octanol–water partition coefficient (Wildman–Crippen LogP) is 2.40. The summed E-state index contributed by atoms with van der Waals surface area (Å²) >= 11 is 0. The van der Waals surface area contributed by atoms with E-state index in [1.54, 1.807) is 12.1 Å². The molecule has 1 saturated heterocycles. The molecule has 1 aliphatic rings. The Hall–Kier alpha value is -1.09. The highest BCUT2D eigenvalue weighted by atomic mass is 19.1. The van der Waals surface area contributed by atoms with Gasteiger partial charge in [-0.15, -0.1) is 0 Å². The second-order valence-corrected chi connectivity index (χ2v) is 4.31. The largest absolute Gasteiger partial charge is 0.370 e. The average Bonchev–Trinajstić information content (AvgIpc) is 2.54. The summed E-state index contributed by atoms with van der Waals surface area (Å²) in [6.45, 7) is 5.15. The molecule has 1 unspecified atom stereocenters. The van der Waals surface area contributed by atoms with E-state index < -0.39 is 0 Å². The summed E-state index contributed by atoms with van der Waals surface area (Å²) in [4.78, 5) is 2.26. The molecule has 1 atom stereocenters. The van der Waals surface area contributed by atoms with Crippen LogP contribution in [0.2, 0.25) is 0 Å². The number of hydrogen-bond donors (Lipinski definition) is 1. The van der Waals surface area contributed by atoms with Crippen molar-refractivity contribution in [3.8, 4) is 0 Å². The van der Waals surface area contributed by atoms with E-state index in [2.05, 4.69) is 17.1 Å².